The lowest BCUT2D eigenvalue weighted by molar-refractivity contribution is -0.143. The minimum atomic E-state index is -1.37. The molecule has 0 radical (unpaired) electrons. The minimum absolute atomic E-state index is 0.259. The lowest BCUT2D eigenvalue weighted by Gasteiger charge is -2.23. The number of amides is 2. The lowest BCUT2D eigenvalue weighted by Crippen LogP contribution is -2.54. The van der Waals surface area contributed by atoms with E-state index in [4.69, 9.17) is 22.3 Å². The molecule has 3 unspecified atom stereocenters. The van der Waals surface area contributed by atoms with Gasteiger partial charge >= 0.3 is 11.9 Å². The standard InChI is InChI=1S/C17H33N5O6/c18-9-3-1-5-11(20)15(25)21-12(6-2-4-10-19)16(26)22-13(17(27)28)7-8-14(23)24/h11-13H,1-10,18-20H2,(H,21,25)(H,22,26)(H,23,24)(H,27,28). The van der Waals surface area contributed by atoms with Crippen LogP contribution >= 0.6 is 0 Å². The van der Waals surface area contributed by atoms with Gasteiger partial charge in [-0.15, -0.1) is 0 Å². The second kappa shape index (κ2) is 14.8. The quantitative estimate of drug-likeness (QED) is 0.149. The normalized spacial score (nSPS) is 14.0. The molecule has 0 heterocycles. The topological polar surface area (TPSA) is 211 Å². The van der Waals surface area contributed by atoms with Gasteiger partial charge in [-0.3, -0.25) is 14.4 Å². The third-order valence-corrected chi connectivity index (χ3v) is 4.15. The van der Waals surface area contributed by atoms with Crippen LogP contribution in [0.5, 0.6) is 0 Å². The monoisotopic (exact) mass is 403 g/mol. The van der Waals surface area contributed by atoms with Gasteiger partial charge in [0.1, 0.15) is 12.1 Å². The van der Waals surface area contributed by atoms with Crippen LogP contribution in [-0.4, -0.2) is 65.2 Å². The summed E-state index contributed by atoms with van der Waals surface area (Å²) < 4.78 is 0. The van der Waals surface area contributed by atoms with Crippen LogP contribution in [0.4, 0.5) is 0 Å². The Kier molecular flexibility index (Phi) is 13.6. The number of carboxylic acid groups (broad SMARTS) is 2. The van der Waals surface area contributed by atoms with Crippen molar-refractivity contribution >= 4 is 23.8 Å². The first-order valence-electron chi connectivity index (χ1n) is 9.44. The Hall–Kier alpha value is -2.24. The first-order chi connectivity index (χ1) is 13.2. The van der Waals surface area contributed by atoms with Crippen molar-refractivity contribution in [3.63, 3.8) is 0 Å². The van der Waals surface area contributed by atoms with Crippen LogP contribution in [0.1, 0.15) is 51.4 Å². The van der Waals surface area contributed by atoms with E-state index in [2.05, 4.69) is 10.6 Å². The summed E-state index contributed by atoms with van der Waals surface area (Å²) in [6, 6.07) is -3.15. The van der Waals surface area contributed by atoms with Gasteiger partial charge in [0.15, 0.2) is 0 Å². The van der Waals surface area contributed by atoms with E-state index in [9.17, 15) is 24.3 Å². The molecule has 3 atom stereocenters. The van der Waals surface area contributed by atoms with Crippen LogP contribution in [0.15, 0.2) is 0 Å². The van der Waals surface area contributed by atoms with Crippen molar-refractivity contribution in [3.05, 3.63) is 0 Å². The molecule has 162 valence electrons. The maximum Gasteiger partial charge on any atom is 0.326 e. The van der Waals surface area contributed by atoms with Crippen LogP contribution < -0.4 is 27.8 Å². The van der Waals surface area contributed by atoms with Crippen molar-refractivity contribution in [1.82, 2.24) is 10.6 Å². The van der Waals surface area contributed by atoms with Crippen molar-refractivity contribution < 1.29 is 29.4 Å². The van der Waals surface area contributed by atoms with E-state index < -0.39 is 48.3 Å². The van der Waals surface area contributed by atoms with E-state index in [-0.39, 0.29) is 12.8 Å². The maximum atomic E-state index is 12.5. The zero-order valence-corrected chi connectivity index (χ0v) is 16.1. The molecule has 0 aliphatic rings. The average molecular weight is 403 g/mol. The van der Waals surface area contributed by atoms with E-state index in [0.717, 1.165) is 6.42 Å². The number of hydrogen-bond acceptors (Lipinski definition) is 7. The fraction of sp³-hybridized carbons (Fsp3) is 0.765. The van der Waals surface area contributed by atoms with Gasteiger partial charge in [-0.25, -0.2) is 4.79 Å². The number of rotatable bonds is 16. The van der Waals surface area contributed by atoms with E-state index in [1.165, 1.54) is 0 Å². The molecule has 2 amide bonds. The highest BCUT2D eigenvalue weighted by atomic mass is 16.4. The molecule has 0 aliphatic heterocycles. The highest BCUT2D eigenvalue weighted by molar-refractivity contribution is 5.91. The molecule has 0 spiro atoms. The second-order valence-electron chi connectivity index (χ2n) is 6.57. The third-order valence-electron chi connectivity index (χ3n) is 4.15. The van der Waals surface area contributed by atoms with Crippen molar-refractivity contribution in [2.45, 2.75) is 69.5 Å². The van der Waals surface area contributed by atoms with Crippen LogP contribution in [0.2, 0.25) is 0 Å². The third kappa shape index (κ3) is 11.5. The number of carbonyl (C=O) groups is 4. The number of carboxylic acids is 2. The van der Waals surface area contributed by atoms with Crippen molar-refractivity contribution in [3.8, 4) is 0 Å². The summed E-state index contributed by atoms with van der Waals surface area (Å²) in [5.41, 5.74) is 16.7. The van der Waals surface area contributed by atoms with Gasteiger partial charge in [0, 0.05) is 6.42 Å². The maximum absolute atomic E-state index is 12.5. The van der Waals surface area contributed by atoms with E-state index in [1.54, 1.807) is 0 Å². The van der Waals surface area contributed by atoms with Crippen molar-refractivity contribution in [2.24, 2.45) is 17.2 Å². The fourth-order valence-electron chi connectivity index (χ4n) is 2.48. The Morgan fingerprint density at radius 1 is 0.750 bits per heavy atom. The summed E-state index contributed by atoms with van der Waals surface area (Å²) in [4.78, 5) is 46.7. The predicted octanol–water partition coefficient (Wildman–Crippen LogP) is -1.51. The van der Waals surface area contributed by atoms with Crippen molar-refractivity contribution in [1.29, 1.82) is 0 Å². The Morgan fingerprint density at radius 3 is 1.79 bits per heavy atom. The molecule has 10 N–H and O–H groups in total. The van der Waals surface area contributed by atoms with Crippen LogP contribution in [-0.2, 0) is 19.2 Å². The number of nitrogens with one attached hydrogen (secondary N) is 2. The molecule has 0 aromatic rings. The van der Waals surface area contributed by atoms with E-state index >= 15 is 0 Å². The number of nitrogens with two attached hydrogens (primary N) is 3. The molecule has 11 heteroatoms. The average Bonchev–Trinajstić information content (AvgIpc) is 2.63. The number of carbonyl (C=O) groups excluding carboxylic acids is 2. The summed E-state index contributed by atoms with van der Waals surface area (Å²) in [5.74, 6) is -3.73. The Bertz CT molecular complexity index is 516. The number of unbranched alkanes of at least 4 members (excludes halogenated alkanes) is 2. The molecule has 0 aromatic heterocycles. The second-order valence-corrected chi connectivity index (χ2v) is 6.57. The molecule has 28 heavy (non-hydrogen) atoms. The molecule has 11 nitrogen and oxygen atoms in total. The van der Waals surface area contributed by atoms with Crippen molar-refractivity contribution in [2.75, 3.05) is 13.1 Å². The molecule has 0 saturated carbocycles. The van der Waals surface area contributed by atoms with Gasteiger partial charge in [-0.05, 0) is 51.6 Å². The van der Waals surface area contributed by atoms with Crippen LogP contribution in [0.3, 0.4) is 0 Å². The first-order valence-corrected chi connectivity index (χ1v) is 9.44. The number of aliphatic carboxylic acids is 2. The van der Waals surface area contributed by atoms with Gasteiger partial charge in [0.05, 0.1) is 6.04 Å². The van der Waals surface area contributed by atoms with E-state index in [0.29, 0.717) is 38.8 Å². The van der Waals surface area contributed by atoms with Crippen LogP contribution in [0, 0.1) is 0 Å². The zero-order valence-electron chi connectivity index (χ0n) is 16.1. The summed E-state index contributed by atoms with van der Waals surface area (Å²) >= 11 is 0. The van der Waals surface area contributed by atoms with Crippen LogP contribution in [0.25, 0.3) is 0 Å². The largest absolute Gasteiger partial charge is 0.481 e. The molecule has 0 aromatic carbocycles. The molecule has 0 aliphatic carbocycles. The van der Waals surface area contributed by atoms with E-state index in [1.807, 2.05) is 0 Å². The fourth-order valence-corrected chi connectivity index (χ4v) is 2.48. The SMILES string of the molecule is NCCCCC(N)C(=O)NC(CCCCN)C(=O)NC(CCC(=O)O)C(=O)O. The Morgan fingerprint density at radius 2 is 1.29 bits per heavy atom. The Labute approximate surface area is 164 Å². The smallest absolute Gasteiger partial charge is 0.326 e. The highest BCUT2D eigenvalue weighted by Gasteiger charge is 2.27. The summed E-state index contributed by atoms with van der Waals surface area (Å²) in [6.45, 7) is 0.905. The number of hydrogen-bond donors (Lipinski definition) is 7. The summed E-state index contributed by atoms with van der Waals surface area (Å²) in [5, 5.41) is 22.7. The molecular formula is C17H33N5O6. The summed E-state index contributed by atoms with van der Waals surface area (Å²) in [7, 11) is 0. The highest BCUT2D eigenvalue weighted by Crippen LogP contribution is 2.06. The van der Waals surface area contributed by atoms with Gasteiger partial charge in [-0.1, -0.05) is 6.42 Å². The lowest BCUT2D eigenvalue weighted by atomic mass is 10.0. The molecular weight excluding hydrogens is 370 g/mol. The predicted molar refractivity (Wildman–Crippen MR) is 102 cm³/mol. The molecule has 0 rings (SSSR count). The molecule has 0 fully saturated rings. The zero-order chi connectivity index (χ0) is 21.5. The summed E-state index contributed by atoms with van der Waals surface area (Å²) in [6.07, 6.45) is 2.57. The van der Waals surface area contributed by atoms with Gasteiger partial charge in [0.2, 0.25) is 11.8 Å². The van der Waals surface area contributed by atoms with Gasteiger partial charge in [-0.2, -0.15) is 0 Å². The van der Waals surface area contributed by atoms with Gasteiger partial charge in [0.25, 0.3) is 0 Å². The molecule has 0 bridgehead atoms. The van der Waals surface area contributed by atoms with Gasteiger partial charge < -0.3 is 38.0 Å². The minimum Gasteiger partial charge on any atom is -0.481 e. The molecule has 0 saturated heterocycles. The Balaban J connectivity index is 4.93. The first kappa shape index (κ1) is 25.8.